The number of anilines is 1. The van der Waals surface area contributed by atoms with Crippen molar-refractivity contribution in [1.82, 2.24) is 0 Å². The molecule has 0 atom stereocenters. The molecule has 2 rings (SSSR count). The minimum absolute atomic E-state index is 0.0520. The van der Waals surface area contributed by atoms with Gasteiger partial charge in [-0.3, -0.25) is 4.79 Å². The Kier molecular flexibility index (Phi) is 4.25. The molecule has 20 heavy (non-hydrogen) atoms. The fraction of sp³-hybridized carbons (Fsp3) is 0.188. The van der Waals surface area contributed by atoms with Crippen LogP contribution in [-0.2, 0) is 11.2 Å². The number of phenolic OH excluding ortho intramolecular Hbond substituents is 2. The predicted octanol–water partition coefficient (Wildman–Crippen LogP) is 2.69. The zero-order chi connectivity index (χ0) is 14.5. The molecule has 0 heterocycles. The number of rotatable bonds is 4. The van der Waals surface area contributed by atoms with E-state index in [-0.39, 0.29) is 23.8 Å². The SMILES string of the molecule is CCN(C(=O)Cc1ccc(O)cc1)c1cccc(O)c1. The highest BCUT2D eigenvalue weighted by atomic mass is 16.3. The number of hydrogen-bond acceptors (Lipinski definition) is 3. The molecule has 4 heteroatoms. The van der Waals surface area contributed by atoms with Crippen LogP contribution in [0.5, 0.6) is 11.5 Å². The lowest BCUT2D eigenvalue weighted by Gasteiger charge is -2.21. The Labute approximate surface area is 117 Å². The summed E-state index contributed by atoms with van der Waals surface area (Å²) in [4.78, 5) is 13.9. The van der Waals surface area contributed by atoms with E-state index in [0.717, 1.165) is 5.56 Å². The van der Waals surface area contributed by atoms with Crippen LogP contribution in [0.3, 0.4) is 0 Å². The van der Waals surface area contributed by atoms with Crippen LogP contribution in [0, 0.1) is 0 Å². The topological polar surface area (TPSA) is 60.8 Å². The third-order valence-electron chi connectivity index (χ3n) is 3.05. The molecule has 0 aromatic heterocycles. The largest absolute Gasteiger partial charge is 0.508 e. The average molecular weight is 271 g/mol. The maximum absolute atomic E-state index is 12.3. The van der Waals surface area contributed by atoms with Gasteiger partial charge in [0.1, 0.15) is 11.5 Å². The number of carbonyl (C=O) groups is 1. The minimum Gasteiger partial charge on any atom is -0.508 e. The van der Waals surface area contributed by atoms with Crippen LogP contribution in [-0.4, -0.2) is 22.7 Å². The van der Waals surface area contributed by atoms with Crippen molar-refractivity contribution in [3.8, 4) is 11.5 Å². The van der Waals surface area contributed by atoms with Crippen molar-refractivity contribution in [1.29, 1.82) is 0 Å². The van der Waals surface area contributed by atoms with Crippen LogP contribution >= 0.6 is 0 Å². The van der Waals surface area contributed by atoms with E-state index in [0.29, 0.717) is 12.2 Å². The second kappa shape index (κ2) is 6.10. The molecule has 1 amide bonds. The van der Waals surface area contributed by atoms with Gasteiger partial charge in [-0.1, -0.05) is 18.2 Å². The Morgan fingerprint density at radius 1 is 1.05 bits per heavy atom. The normalized spacial score (nSPS) is 10.2. The highest BCUT2D eigenvalue weighted by Gasteiger charge is 2.14. The zero-order valence-corrected chi connectivity index (χ0v) is 11.3. The van der Waals surface area contributed by atoms with Crippen molar-refractivity contribution >= 4 is 11.6 Å². The van der Waals surface area contributed by atoms with E-state index < -0.39 is 0 Å². The lowest BCUT2D eigenvalue weighted by molar-refractivity contribution is -0.117. The molecule has 2 aromatic rings. The van der Waals surface area contributed by atoms with E-state index in [1.54, 1.807) is 53.4 Å². The number of carbonyl (C=O) groups excluding carboxylic acids is 1. The van der Waals surface area contributed by atoms with E-state index in [1.807, 2.05) is 6.92 Å². The molecule has 0 aliphatic rings. The first kappa shape index (κ1) is 13.9. The van der Waals surface area contributed by atoms with E-state index in [4.69, 9.17) is 0 Å². The molecule has 2 aromatic carbocycles. The lowest BCUT2D eigenvalue weighted by Crippen LogP contribution is -2.31. The molecule has 0 unspecified atom stereocenters. The van der Waals surface area contributed by atoms with Crippen LogP contribution in [0.25, 0.3) is 0 Å². The summed E-state index contributed by atoms with van der Waals surface area (Å²) in [6.07, 6.45) is 0.254. The highest BCUT2D eigenvalue weighted by Crippen LogP contribution is 2.21. The van der Waals surface area contributed by atoms with Gasteiger partial charge in [0.15, 0.2) is 0 Å². The van der Waals surface area contributed by atoms with Crippen molar-refractivity contribution in [2.75, 3.05) is 11.4 Å². The van der Waals surface area contributed by atoms with E-state index in [1.165, 1.54) is 0 Å². The summed E-state index contributed by atoms with van der Waals surface area (Å²) in [5.74, 6) is 0.267. The summed E-state index contributed by atoms with van der Waals surface area (Å²) >= 11 is 0. The third kappa shape index (κ3) is 3.29. The molecule has 0 fully saturated rings. The molecule has 0 radical (unpaired) electrons. The smallest absolute Gasteiger partial charge is 0.231 e. The zero-order valence-electron chi connectivity index (χ0n) is 11.3. The van der Waals surface area contributed by atoms with Crippen molar-refractivity contribution in [2.45, 2.75) is 13.3 Å². The Hall–Kier alpha value is -2.49. The summed E-state index contributed by atoms with van der Waals surface area (Å²) in [6.45, 7) is 2.42. The molecule has 0 aliphatic carbocycles. The third-order valence-corrected chi connectivity index (χ3v) is 3.05. The van der Waals surface area contributed by atoms with Gasteiger partial charge in [-0.2, -0.15) is 0 Å². The molecule has 0 spiro atoms. The first-order chi connectivity index (χ1) is 9.60. The number of amides is 1. The van der Waals surface area contributed by atoms with Crippen LogP contribution in [0.4, 0.5) is 5.69 Å². The van der Waals surface area contributed by atoms with Crippen LogP contribution < -0.4 is 4.90 Å². The Morgan fingerprint density at radius 2 is 1.75 bits per heavy atom. The van der Waals surface area contributed by atoms with Crippen molar-refractivity contribution in [3.05, 3.63) is 54.1 Å². The van der Waals surface area contributed by atoms with Gasteiger partial charge < -0.3 is 15.1 Å². The molecule has 0 saturated carbocycles. The molecule has 104 valence electrons. The highest BCUT2D eigenvalue weighted by molar-refractivity contribution is 5.94. The fourth-order valence-corrected chi connectivity index (χ4v) is 2.05. The van der Waals surface area contributed by atoms with Gasteiger partial charge >= 0.3 is 0 Å². The van der Waals surface area contributed by atoms with Crippen LogP contribution in [0.2, 0.25) is 0 Å². The molecule has 0 bridgehead atoms. The quantitative estimate of drug-likeness (QED) is 0.898. The Morgan fingerprint density at radius 3 is 2.35 bits per heavy atom. The van der Waals surface area contributed by atoms with Crippen LogP contribution in [0.15, 0.2) is 48.5 Å². The van der Waals surface area contributed by atoms with Gasteiger partial charge in [-0.15, -0.1) is 0 Å². The van der Waals surface area contributed by atoms with Crippen molar-refractivity contribution < 1.29 is 15.0 Å². The first-order valence-corrected chi connectivity index (χ1v) is 6.47. The summed E-state index contributed by atoms with van der Waals surface area (Å²) in [6, 6.07) is 13.2. The number of likely N-dealkylation sites (N-methyl/N-ethyl adjacent to an activating group) is 1. The molecule has 0 aliphatic heterocycles. The molecular weight excluding hydrogens is 254 g/mol. The van der Waals surface area contributed by atoms with Gasteiger partial charge in [-0.25, -0.2) is 0 Å². The summed E-state index contributed by atoms with van der Waals surface area (Å²) in [7, 11) is 0. The number of nitrogens with zero attached hydrogens (tertiary/aromatic N) is 1. The first-order valence-electron chi connectivity index (χ1n) is 6.47. The van der Waals surface area contributed by atoms with Gasteiger partial charge in [0, 0.05) is 18.3 Å². The van der Waals surface area contributed by atoms with E-state index in [9.17, 15) is 15.0 Å². The van der Waals surface area contributed by atoms with E-state index in [2.05, 4.69) is 0 Å². The minimum atomic E-state index is -0.0520. The number of benzene rings is 2. The molecule has 2 N–H and O–H groups in total. The maximum Gasteiger partial charge on any atom is 0.231 e. The van der Waals surface area contributed by atoms with Crippen molar-refractivity contribution in [3.63, 3.8) is 0 Å². The number of aromatic hydroxyl groups is 2. The monoisotopic (exact) mass is 271 g/mol. The maximum atomic E-state index is 12.3. The summed E-state index contributed by atoms with van der Waals surface area (Å²) < 4.78 is 0. The lowest BCUT2D eigenvalue weighted by atomic mass is 10.1. The van der Waals surface area contributed by atoms with Gasteiger partial charge in [-0.05, 0) is 36.8 Å². The number of hydrogen-bond donors (Lipinski definition) is 2. The average Bonchev–Trinajstić information content (AvgIpc) is 2.42. The van der Waals surface area contributed by atoms with Crippen LogP contribution in [0.1, 0.15) is 12.5 Å². The second-order valence-corrected chi connectivity index (χ2v) is 4.50. The molecule has 0 saturated heterocycles. The summed E-state index contributed by atoms with van der Waals surface area (Å²) in [5.41, 5.74) is 1.52. The van der Waals surface area contributed by atoms with Gasteiger partial charge in [0.25, 0.3) is 0 Å². The Bertz CT molecular complexity index is 593. The van der Waals surface area contributed by atoms with Gasteiger partial charge in [0.2, 0.25) is 5.91 Å². The Balaban J connectivity index is 2.15. The summed E-state index contributed by atoms with van der Waals surface area (Å²) in [5, 5.41) is 18.7. The predicted molar refractivity (Wildman–Crippen MR) is 77.9 cm³/mol. The van der Waals surface area contributed by atoms with Gasteiger partial charge in [0.05, 0.1) is 6.42 Å². The molecule has 4 nitrogen and oxygen atoms in total. The second-order valence-electron chi connectivity index (χ2n) is 4.50. The fourth-order valence-electron chi connectivity index (χ4n) is 2.05. The standard InChI is InChI=1S/C16H17NO3/c1-2-17(13-4-3-5-15(19)11-13)16(20)10-12-6-8-14(18)9-7-12/h3-9,11,18-19H,2,10H2,1H3. The number of phenols is 2. The molecular formula is C16H17NO3. The van der Waals surface area contributed by atoms with Crippen molar-refractivity contribution in [2.24, 2.45) is 0 Å². The van der Waals surface area contributed by atoms with E-state index >= 15 is 0 Å².